The van der Waals surface area contributed by atoms with Crippen LogP contribution >= 0.6 is 0 Å². The molecule has 2 heterocycles. The van der Waals surface area contributed by atoms with Crippen LogP contribution in [0, 0.1) is 25.2 Å². The molecular formula is C29H34N4O2. The number of piperidine rings is 1. The lowest BCUT2D eigenvalue weighted by molar-refractivity contribution is 0.0712. The first-order chi connectivity index (χ1) is 17.0. The van der Waals surface area contributed by atoms with Crippen molar-refractivity contribution in [3.8, 4) is 6.07 Å². The van der Waals surface area contributed by atoms with Gasteiger partial charge in [-0.1, -0.05) is 18.2 Å². The van der Waals surface area contributed by atoms with Gasteiger partial charge in [0.05, 0.1) is 23.9 Å². The van der Waals surface area contributed by atoms with Crippen LogP contribution in [0.15, 0.2) is 52.7 Å². The molecule has 0 unspecified atom stereocenters. The molecule has 0 atom stereocenters. The average Bonchev–Trinajstić information content (AvgIpc) is 3.13. The van der Waals surface area contributed by atoms with Crippen LogP contribution in [-0.4, -0.2) is 50.4 Å². The molecule has 4 rings (SSSR count). The van der Waals surface area contributed by atoms with Crippen molar-refractivity contribution in [3.05, 3.63) is 75.5 Å². The van der Waals surface area contributed by atoms with Crippen LogP contribution in [-0.2, 0) is 4.74 Å². The van der Waals surface area contributed by atoms with E-state index in [1.807, 2.05) is 62.3 Å². The first kappa shape index (κ1) is 24.7. The molecule has 2 aromatic rings. The smallest absolute Gasteiger partial charge is 0.254 e. The van der Waals surface area contributed by atoms with Crippen LogP contribution in [0.3, 0.4) is 0 Å². The molecule has 2 aliphatic heterocycles. The number of allylic oxidation sites excluding steroid dienone is 1. The quantitative estimate of drug-likeness (QED) is 0.611. The monoisotopic (exact) mass is 470 g/mol. The molecule has 1 N–H and O–H groups in total. The van der Waals surface area contributed by atoms with Crippen molar-refractivity contribution in [2.75, 3.05) is 33.4 Å². The highest BCUT2D eigenvalue weighted by molar-refractivity contribution is 5.97. The molecule has 0 spiro atoms. The van der Waals surface area contributed by atoms with Gasteiger partial charge in [-0.3, -0.25) is 9.79 Å². The summed E-state index contributed by atoms with van der Waals surface area (Å²) in [6.45, 7) is 6.79. The van der Waals surface area contributed by atoms with Gasteiger partial charge in [-0.05, 0) is 80.3 Å². The summed E-state index contributed by atoms with van der Waals surface area (Å²) in [5, 5.41) is 12.3. The summed E-state index contributed by atoms with van der Waals surface area (Å²) in [5.41, 5.74) is 7.72. The van der Waals surface area contributed by atoms with Gasteiger partial charge in [0.1, 0.15) is 0 Å². The van der Waals surface area contributed by atoms with Gasteiger partial charge < -0.3 is 15.0 Å². The molecule has 0 bridgehead atoms. The minimum Gasteiger partial charge on any atom is -0.391 e. The van der Waals surface area contributed by atoms with Crippen LogP contribution in [0.4, 0.5) is 5.69 Å². The number of nitrogens with one attached hydrogen (secondary N) is 1. The molecule has 0 radical (unpaired) electrons. The number of benzene rings is 2. The Hall–Kier alpha value is -3.43. The average molecular weight is 471 g/mol. The minimum atomic E-state index is 0.0742. The highest BCUT2D eigenvalue weighted by atomic mass is 16.5. The van der Waals surface area contributed by atoms with Crippen molar-refractivity contribution >= 4 is 17.8 Å². The fourth-order valence-electron chi connectivity index (χ4n) is 4.96. The first-order valence-corrected chi connectivity index (χ1v) is 12.4. The summed E-state index contributed by atoms with van der Waals surface area (Å²) in [4.78, 5) is 20.2. The Kier molecular flexibility index (Phi) is 7.99. The van der Waals surface area contributed by atoms with Crippen molar-refractivity contribution in [1.29, 1.82) is 5.26 Å². The third-order valence-electron chi connectivity index (χ3n) is 7.09. The van der Waals surface area contributed by atoms with Crippen LogP contribution < -0.4 is 5.32 Å². The third kappa shape index (κ3) is 5.80. The lowest BCUT2D eigenvalue weighted by atomic mass is 9.88. The van der Waals surface area contributed by atoms with Crippen molar-refractivity contribution in [2.45, 2.75) is 45.4 Å². The molecule has 1 amide bonds. The number of carbonyl (C=O) groups is 1. The van der Waals surface area contributed by atoms with Gasteiger partial charge in [-0.15, -0.1) is 0 Å². The van der Waals surface area contributed by atoms with E-state index in [1.165, 1.54) is 5.56 Å². The summed E-state index contributed by atoms with van der Waals surface area (Å²) in [7, 11) is 1.94. The van der Waals surface area contributed by atoms with Gasteiger partial charge in [0.25, 0.3) is 5.91 Å². The number of hydrogen-bond acceptors (Lipinski definition) is 5. The SMILES string of the molecule is CNC1=C(C=Nc2cc(C(=O)N3CCC(c4ccc(C#N)cc4)CC3)c(C)cc2C)COCCC1. The van der Waals surface area contributed by atoms with E-state index in [9.17, 15) is 4.79 Å². The molecule has 1 saturated heterocycles. The number of hydrogen-bond donors (Lipinski definition) is 1. The number of ether oxygens (including phenoxy) is 1. The number of rotatable bonds is 5. The Morgan fingerprint density at radius 3 is 2.60 bits per heavy atom. The van der Waals surface area contributed by atoms with Crippen molar-refractivity contribution in [1.82, 2.24) is 10.2 Å². The van der Waals surface area contributed by atoms with E-state index in [-0.39, 0.29) is 5.91 Å². The number of nitrogens with zero attached hydrogens (tertiary/aromatic N) is 3. The van der Waals surface area contributed by atoms with Crippen molar-refractivity contribution < 1.29 is 9.53 Å². The van der Waals surface area contributed by atoms with Gasteiger partial charge in [-0.2, -0.15) is 5.26 Å². The molecule has 6 nitrogen and oxygen atoms in total. The van der Waals surface area contributed by atoms with Gasteiger partial charge in [0, 0.05) is 49.8 Å². The summed E-state index contributed by atoms with van der Waals surface area (Å²) >= 11 is 0. The molecular weight excluding hydrogens is 436 g/mol. The lowest BCUT2D eigenvalue weighted by Crippen LogP contribution is -2.38. The summed E-state index contributed by atoms with van der Waals surface area (Å²) in [6.07, 6.45) is 5.68. The summed E-state index contributed by atoms with van der Waals surface area (Å²) < 4.78 is 5.71. The van der Waals surface area contributed by atoms with E-state index in [4.69, 9.17) is 15.0 Å². The van der Waals surface area contributed by atoms with Crippen LogP contribution in [0.1, 0.15) is 64.2 Å². The van der Waals surface area contributed by atoms with Crippen molar-refractivity contribution in [3.63, 3.8) is 0 Å². The number of aliphatic imine (C=N–C) groups is 1. The van der Waals surface area contributed by atoms with Crippen molar-refractivity contribution in [2.24, 2.45) is 4.99 Å². The lowest BCUT2D eigenvalue weighted by Gasteiger charge is -2.32. The van der Waals surface area contributed by atoms with Gasteiger partial charge in [-0.25, -0.2) is 0 Å². The standard InChI is InChI=1S/C29H34N4O2/c1-20-15-21(2)28(32-18-25-19-35-14-4-5-27(25)31-3)16-26(20)29(34)33-12-10-24(11-13-33)23-8-6-22(17-30)7-9-23/h6-9,15-16,18,24,31H,4-5,10-14,19H2,1-3H3. The second kappa shape index (κ2) is 11.3. The Morgan fingerprint density at radius 2 is 1.91 bits per heavy atom. The number of nitriles is 1. The van der Waals surface area contributed by atoms with E-state index in [1.54, 1.807) is 0 Å². The number of likely N-dealkylation sites (tertiary alicyclic amines) is 1. The second-order valence-corrected chi connectivity index (χ2v) is 9.42. The molecule has 35 heavy (non-hydrogen) atoms. The van der Waals surface area contributed by atoms with Gasteiger partial charge in [0.2, 0.25) is 0 Å². The molecule has 0 saturated carbocycles. The molecule has 0 aromatic heterocycles. The molecule has 2 aromatic carbocycles. The normalized spacial score (nSPS) is 17.4. The van der Waals surface area contributed by atoms with Crippen LogP contribution in [0.5, 0.6) is 0 Å². The van der Waals surface area contributed by atoms with Crippen LogP contribution in [0.25, 0.3) is 0 Å². The Labute approximate surface area is 208 Å². The number of aryl methyl sites for hydroxylation is 2. The minimum absolute atomic E-state index is 0.0742. The molecule has 0 aliphatic carbocycles. The predicted molar refractivity (Wildman–Crippen MR) is 139 cm³/mol. The zero-order valence-corrected chi connectivity index (χ0v) is 20.9. The summed E-state index contributed by atoms with van der Waals surface area (Å²) in [6, 6.07) is 14.0. The van der Waals surface area contributed by atoms with Crippen LogP contribution in [0.2, 0.25) is 0 Å². The van der Waals surface area contributed by atoms with Gasteiger partial charge in [0.15, 0.2) is 0 Å². The van der Waals surface area contributed by atoms with E-state index < -0.39 is 0 Å². The second-order valence-electron chi connectivity index (χ2n) is 9.42. The molecule has 6 heteroatoms. The Bertz CT molecular complexity index is 1170. The van der Waals surface area contributed by atoms with E-state index >= 15 is 0 Å². The summed E-state index contributed by atoms with van der Waals surface area (Å²) in [5.74, 6) is 0.493. The maximum absolute atomic E-state index is 13.5. The fraction of sp³-hybridized carbons (Fsp3) is 0.414. The Morgan fingerprint density at radius 1 is 1.17 bits per heavy atom. The zero-order chi connectivity index (χ0) is 24.8. The first-order valence-electron chi connectivity index (χ1n) is 12.4. The highest BCUT2D eigenvalue weighted by Gasteiger charge is 2.26. The maximum atomic E-state index is 13.5. The number of carbonyl (C=O) groups excluding carboxylic acids is 1. The largest absolute Gasteiger partial charge is 0.391 e. The maximum Gasteiger partial charge on any atom is 0.254 e. The fourth-order valence-corrected chi connectivity index (χ4v) is 4.96. The zero-order valence-electron chi connectivity index (χ0n) is 20.9. The third-order valence-corrected chi connectivity index (χ3v) is 7.09. The Balaban J connectivity index is 1.48. The molecule has 1 fully saturated rings. The topological polar surface area (TPSA) is 77.7 Å². The number of amides is 1. The van der Waals surface area contributed by atoms with E-state index in [0.717, 1.165) is 79.0 Å². The van der Waals surface area contributed by atoms with E-state index in [2.05, 4.69) is 17.5 Å². The van der Waals surface area contributed by atoms with E-state index in [0.29, 0.717) is 18.1 Å². The van der Waals surface area contributed by atoms with Gasteiger partial charge >= 0.3 is 0 Å². The highest BCUT2D eigenvalue weighted by Crippen LogP contribution is 2.30. The molecule has 182 valence electrons. The molecule has 2 aliphatic rings. The predicted octanol–water partition coefficient (Wildman–Crippen LogP) is 5.18.